The van der Waals surface area contributed by atoms with E-state index in [1.165, 1.54) is 12.1 Å². The number of ether oxygens (including phenoxy) is 1. The fraction of sp³-hybridized carbons (Fsp3) is 0.417. The van der Waals surface area contributed by atoms with Gasteiger partial charge in [0.2, 0.25) is 5.91 Å². The van der Waals surface area contributed by atoms with Crippen molar-refractivity contribution in [1.82, 2.24) is 5.32 Å². The van der Waals surface area contributed by atoms with Crippen LogP contribution in [0.1, 0.15) is 13.3 Å². The molecule has 1 rings (SSSR count). The lowest BCUT2D eigenvalue weighted by Gasteiger charge is -2.11. The Balaban J connectivity index is 2.29. The molecule has 1 aromatic carbocycles. The van der Waals surface area contributed by atoms with Crippen LogP contribution in [0.4, 0.5) is 4.39 Å². The zero-order chi connectivity index (χ0) is 12.7. The average molecular weight is 240 g/mol. The van der Waals surface area contributed by atoms with Crippen LogP contribution in [-0.4, -0.2) is 25.1 Å². The third-order valence-corrected chi connectivity index (χ3v) is 2.18. The average Bonchev–Trinajstić information content (AvgIpc) is 2.31. The molecule has 1 atom stereocenters. The highest BCUT2D eigenvalue weighted by molar-refractivity contribution is 5.76. The number of carbonyl (C=O) groups is 1. The molecule has 0 bridgehead atoms. The van der Waals surface area contributed by atoms with E-state index in [-0.39, 0.29) is 30.7 Å². The summed E-state index contributed by atoms with van der Waals surface area (Å²) in [5.41, 5.74) is 5.36. The van der Waals surface area contributed by atoms with Gasteiger partial charge in [0.25, 0.3) is 0 Å². The number of halogens is 1. The van der Waals surface area contributed by atoms with Crippen LogP contribution >= 0.6 is 0 Å². The molecule has 0 spiro atoms. The molecule has 4 nitrogen and oxygen atoms in total. The normalized spacial score (nSPS) is 11.9. The lowest BCUT2D eigenvalue weighted by Crippen LogP contribution is -2.38. The molecule has 0 aliphatic heterocycles. The van der Waals surface area contributed by atoms with Crippen LogP contribution in [0.5, 0.6) is 5.75 Å². The number of hydrogen-bond acceptors (Lipinski definition) is 3. The highest BCUT2D eigenvalue weighted by atomic mass is 19.1. The summed E-state index contributed by atoms with van der Waals surface area (Å²) in [6, 6.07) is 6.03. The second kappa shape index (κ2) is 6.85. The number of amides is 1. The van der Waals surface area contributed by atoms with E-state index in [2.05, 4.69) is 5.32 Å². The van der Waals surface area contributed by atoms with E-state index in [0.29, 0.717) is 6.54 Å². The maximum atomic E-state index is 13.1. The summed E-state index contributed by atoms with van der Waals surface area (Å²) in [6.07, 6.45) is 0.179. The van der Waals surface area contributed by atoms with Crippen molar-refractivity contribution in [3.05, 3.63) is 30.1 Å². The Labute approximate surface area is 100.0 Å². The third kappa shape index (κ3) is 4.82. The molecule has 1 amide bonds. The molecule has 0 fully saturated rings. The van der Waals surface area contributed by atoms with E-state index in [1.54, 1.807) is 12.1 Å². The molecule has 1 aromatic rings. The first kappa shape index (κ1) is 13.4. The number of hydrogen-bond donors (Lipinski definition) is 2. The Kier molecular flexibility index (Phi) is 5.42. The van der Waals surface area contributed by atoms with E-state index in [9.17, 15) is 9.18 Å². The minimum atomic E-state index is -0.428. The van der Waals surface area contributed by atoms with Gasteiger partial charge in [-0.25, -0.2) is 4.39 Å². The number of benzene rings is 1. The zero-order valence-electron chi connectivity index (χ0n) is 9.78. The predicted octanol–water partition coefficient (Wildman–Crippen LogP) is 1.06. The summed E-state index contributed by atoms with van der Waals surface area (Å²) >= 11 is 0. The van der Waals surface area contributed by atoms with E-state index in [4.69, 9.17) is 10.5 Å². The van der Waals surface area contributed by atoms with Crippen molar-refractivity contribution in [2.75, 3.05) is 13.2 Å². The summed E-state index contributed by atoms with van der Waals surface area (Å²) < 4.78 is 18.3. The molecule has 3 N–H and O–H groups in total. The molecule has 0 unspecified atom stereocenters. The largest absolute Gasteiger partial charge is 0.490 e. The van der Waals surface area contributed by atoms with E-state index in [1.807, 2.05) is 6.92 Å². The molecule has 0 saturated carbocycles. The van der Waals surface area contributed by atoms with Gasteiger partial charge < -0.3 is 15.8 Å². The first-order valence-corrected chi connectivity index (χ1v) is 5.50. The summed E-state index contributed by atoms with van der Waals surface area (Å²) in [5, 5.41) is 2.69. The molecule has 94 valence electrons. The second-order valence-electron chi connectivity index (χ2n) is 3.73. The fourth-order valence-electron chi connectivity index (χ4n) is 1.22. The maximum absolute atomic E-state index is 13.1. The van der Waals surface area contributed by atoms with Gasteiger partial charge in [-0.05, 0) is 19.1 Å². The van der Waals surface area contributed by atoms with Crippen LogP contribution in [0.2, 0.25) is 0 Å². The van der Waals surface area contributed by atoms with Crippen LogP contribution in [0.25, 0.3) is 0 Å². The van der Waals surface area contributed by atoms with Crippen molar-refractivity contribution in [2.45, 2.75) is 19.4 Å². The quantitative estimate of drug-likeness (QED) is 0.781. The van der Waals surface area contributed by atoms with Gasteiger partial charge in [0.05, 0.1) is 13.0 Å². The summed E-state index contributed by atoms with van der Waals surface area (Å²) in [6.45, 7) is 2.35. The van der Waals surface area contributed by atoms with Crippen LogP contribution in [0, 0.1) is 5.82 Å². The molecular weight excluding hydrogens is 223 g/mol. The molecule has 17 heavy (non-hydrogen) atoms. The summed E-state index contributed by atoms with van der Waals surface area (Å²) in [7, 11) is 0. The monoisotopic (exact) mass is 240 g/mol. The van der Waals surface area contributed by atoms with Crippen LogP contribution in [0.3, 0.4) is 0 Å². The summed E-state index contributed by atoms with van der Waals surface area (Å²) in [4.78, 5) is 11.3. The van der Waals surface area contributed by atoms with E-state index in [0.717, 1.165) is 0 Å². The Morgan fingerprint density at radius 2 is 2.24 bits per heavy atom. The fourth-order valence-corrected chi connectivity index (χ4v) is 1.22. The SMILES string of the molecule is C[C@@H](CN)NC(=O)CCOc1ccccc1F. The first-order valence-electron chi connectivity index (χ1n) is 5.50. The van der Waals surface area contributed by atoms with Gasteiger partial charge in [0.1, 0.15) is 0 Å². The third-order valence-electron chi connectivity index (χ3n) is 2.18. The lowest BCUT2D eigenvalue weighted by atomic mass is 10.3. The Hall–Kier alpha value is -1.62. The molecule has 0 saturated heterocycles. The lowest BCUT2D eigenvalue weighted by molar-refractivity contribution is -0.122. The molecule has 5 heteroatoms. The smallest absolute Gasteiger partial charge is 0.223 e. The van der Waals surface area contributed by atoms with Crippen LogP contribution in [-0.2, 0) is 4.79 Å². The molecule has 0 radical (unpaired) electrons. The standard InChI is InChI=1S/C12H17FN2O2/c1-9(8-14)15-12(16)6-7-17-11-5-3-2-4-10(11)13/h2-5,9H,6-8,14H2,1H3,(H,15,16)/t9-/m0/s1. The summed E-state index contributed by atoms with van der Waals surface area (Å²) in [5.74, 6) is -0.422. The first-order chi connectivity index (χ1) is 8.13. The van der Waals surface area contributed by atoms with Crippen LogP contribution in [0.15, 0.2) is 24.3 Å². The van der Waals surface area contributed by atoms with Gasteiger partial charge in [0, 0.05) is 12.6 Å². The molecular formula is C12H17FN2O2. The number of nitrogens with two attached hydrogens (primary N) is 1. The van der Waals surface area contributed by atoms with Crippen LogP contribution < -0.4 is 15.8 Å². The molecule has 0 aliphatic rings. The highest BCUT2D eigenvalue weighted by Crippen LogP contribution is 2.15. The van der Waals surface area contributed by atoms with Crippen molar-refractivity contribution < 1.29 is 13.9 Å². The van der Waals surface area contributed by atoms with Gasteiger partial charge in [-0.15, -0.1) is 0 Å². The Morgan fingerprint density at radius 3 is 2.88 bits per heavy atom. The van der Waals surface area contributed by atoms with Crippen molar-refractivity contribution >= 4 is 5.91 Å². The predicted molar refractivity (Wildman–Crippen MR) is 63.2 cm³/mol. The Bertz CT molecular complexity index is 371. The van der Waals surface area contributed by atoms with Gasteiger partial charge in [-0.3, -0.25) is 4.79 Å². The minimum absolute atomic E-state index is 0.0593. The number of carbonyl (C=O) groups excluding carboxylic acids is 1. The molecule has 0 aliphatic carbocycles. The van der Waals surface area contributed by atoms with Gasteiger partial charge in [-0.2, -0.15) is 0 Å². The maximum Gasteiger partial charge on any atom is 0.223 e. The number of rotatable bonds is 6. The Morgan fingerprint density at radius 1 is 1.53 bits per heavy atom. The number of nitrogens with one attached hydrogen (secondary N) is 1. The zero-order valence-corrected chi connectivity index (χ0v) is 9.78. The van der Waals surface area contributed by atoms with Crippen molar-refractivity contribution in [1.29, 1.82) is 0 Å². The highest BCUT2D eigenvalue weighted by Gasteiger charge is 2.06. The van der Waals surface area contributed by atoms with E-state index >= 15 is 0 Å². The van der Waals surface area contributed by atoms with Crippen molar-refractivity contribution in [3.63, 3.8) is 0 Å². The van der Waals surface area contributed by atoms with Gasteiger partial charge >= 0.3 is 0 Å². The molecule has 0 aromatic heterocycles. The topological polar surface area (TPSA) is 64.3 Å². The van der Waals surface area contributed by atoms with Crippen molar-refractivity contribution in [2.24, 2.45) is 5.73 Å². The number of para-hydroxylation sites is 1. The van der Waals surface area contributed by atoms with Gasteiger partial charge in [-0.1, -0.05) is 12.1 Å². The minimum Gasteiger partial charge on any atom is -0.490 e. The van der Waals surface area contributed by atoms with Crippen molar-refractivity contribution in [3.8, 4) is 5.75 Å². The second-order valence-corrected chi connectivity index (χ2v) is 3.73. The van der Waals surface area contributed by atoms with E-state index < -0.39 is 5.82 Å². The molecule has 0 heterocycles. The van der Waals surface area contributed by atoms with Gasteiger partial charge in [0.15, 0.2) is 11.6 Å².